The van der Waals surface area contributed by atoms with Gasteiger partial charge in [-0.3, -0.25) is 9.69 Å². The smallest absolute Gasteiger partial charge is 0.261 e. The summed E-state index contributed by atoms with van der Waals surface area (Å²) in [7, 11) is 0. The summed E-state index contributed by atoms with van der Waals surface area (Å²) in [5.41, 5.74) is -0.816. The predicted octanol–water partition coefficient (Wildman–Crippen LogP) is 10.4. The third-order valence-corrected chi connectivity index (χ3v) is 10.5. The number of aliphatic imine (C=N–C) groups is 1. The van der Waals surface area contributed by atoms with Crippen molar-refractivity contribution >= 4 is 30.0 Å². The summed E-state index contributed by atoms with van der Waals surface area (Å²) in [5, 5.41) is 6.42. The molecule has 0 radical (unpaired) electrons. The molecule has 1 aliphatic carbocycles. The standard InChI is InChI=1S/C28H32ClF3N4O.C9H17N.C2H6/c1-6-9-10-12-17(7-2)35-25-24(32)22-18(15-34-25)27(37)36(26(33-5)21(30)8-3)16-28(22,4)19-13-11-14-20(29)23(19)31;1-9(4-5-9)8-2-6-10-7-3-8;1-2/h8,11,13-15,17H,3,5-7,9-10,12,16H2,1-2,4H3,(H,34,35);8,10H,2-7H2,1H3;1-2H3/b26-21-;;. The highest BCUT2D eigenvalue weighted by Crippen LogP contribution is 2.54. The van der Waals surface area contributed by atoms with Gasteiger partial charge in [-0.15, -0.1) is 0 Å². The first-order valence-corrected chi connectivity index (χ1v) is 18.2. The largest absolute Gasteiger partial charge is 0.365 e. The minimum atomic E-state index is -1.47. The monoisotopic (exact) mass is 701 g/mol. The van der Waals surface area contributed by atoms with E-state index in [1.165, 1.54) is 57.1 Å². The van der Waals surface area contributed by atoms with Crippen molar-refractivity contribution in [2.75, 3.05) is 25.0 Å². The lowest BCUT2D eigenvalue weighted by molar-refractivity contribution is 0.0746. The number of carbonyl (C=O) groups excluding carboxylic acids is 1. The highest BCUT2D eigenvalue weighted by Gasteiger charge is 2.47. The first-order chi connectivity index (χ1) is 23.4. The number of rotatable bonds is 12. The van der Waals surface area contributed by atoms with Crippen LogP contribution in [0.5, 0.6) is 0 Å². The molecular weight excluding hydrogens is 647 g/mol. The molecule has 10 heteroatoms. The van der Waals surface area contributed by atoms with Crippen LogP contribution < -0.4 is 10.6 Å². The summed E-state index contributed by atoms with van der Waals surface area (Å²) in [6.45, 7) is 21.1. The maximum absolute atomic E-state index is 16.3. The van der Waals surface area contributed by atoms with E-state index < -0.39 is 34.6 Å². The molecule has 3 aliphatic rings. The Balaban J connectivity index is 0.000000453. The van der Waals surface area contributed by atoms with Crippen LogP contribution in [-0.2, 0) is 5.41 Å². The molecule has 1 aromatic heterocycles. The number of halogens is 4. The van der Waals surface area contributed by atoms with Gasteiger partial charge in [-0.05, 0) is 88.7 Å². The number of allylic oxidation sites excluding steroid dienone is 2. The van der Waals surface area contributed by atoms with Gasteiger partial charge in [0.05, 0.1) is 10.6 Å². The van der Waals surface area contributed by atoms with Gasteiger partial charge in [0.25, 0.3) is 5.91 Å². The molecule has 5 rings (SSSR count). The second kappa shape index (κ2) is 18.2. The van der Waals surface area contributed by atoms with E-state index in [4.69, 9.17) is 11.6 Å². The molecule has 0 bridgehead atoms. The summed E-state index contributed by atoms with van der Waals surface area (Å²) in [4.78, 5) is 22.4. The fourth-order valence-electron chi connectivity index (χ4n) is 6.94. The van der Waals surface area contributed by atoms with E-state index in [2.05, 4.69) is 47.8 Å². The summed E-state index contributed by atoms with van der Waals surface area (Å²) in [5.74, 6) is -2.52. The molecule has 0 spiro atoms. The topological polar surface area (TPSA) is 69.6 Å². The van der Waals surface area contributed by atoms with Gasteiger partial charge in [-0.25, -0.2) is 23.1 Å². The zero-order valence-electron chi connectivity index (χ0n) is 30.2. The van der Waals surface area contributed by atoms with Gasteiger partial charge in [-0.2, -0.15) is 0 Å². The second-order valence-corrected chi connectivity index (χ2v) is 13.9. The molecule has 6 nitrogen and oxygen atoms in total. The van der Waals surface area contributed by atoms with Crippen molar-refractivity contribution in [1.29, 1.82) is 0 Å². The lowest BCUT2D eigenvalue weighted by atomic mass is 9.71. The van der Waals surface area contributed by atoms with Gasteiger partial charge >= 0.3 is 0 Å². The summed E-state index contributed by atoms with van der Waals surface area (Å²) < 4.78 is 46.3. The number of nitrogens with one attached hydrogen (secondary N) is 2. The molecule has 1 amide bonds. The zero-order chi connectivity index (χ0) is 36.4. The van der Waals surface area contributed by atoms with Crippen molar-refractivity contribution in [2.24, 2.45) is 16.3 Å². The van der Waals surface area contributed by atoms with Crippen LogP contribution in [0, 0.1) is 23.0 Å². The molecule has 3 heterocycles. The van der Waals surface area contributed by atoms with Crippen molar-refractivity contribution in [2.45, 2.75) is 111 Å². The van der Waals surface area contributed by atoms with Crippen molar-refractivity contribution in [3.63, 3.8) is 0 Å². The second-order valence-electron chi connectivity index (χ2n) is 13.5. The SMILES string of the molecule is C=C/C(F)=C(\N=C)N1CC(C)(c2cccc(Cl)c2F)c2c(cnc(NC(CC)CCCCC)c2F)C1=O.CC.CC1(C2CCNCC2)CC1. The minimum absolute atomic E-state index is 0.0214. The molecule has 2 fully saturated rings. The Morgan fingerprint density at radius 3 is 2.43 bits per heavy atom. The van der Waals surface area contributed by atoms with Crippen molar-refractivity contribution in [1.82, 2.24) is 15.2 Å². The number of hydrogen-bond donors (Lipinski definition) is 2. The lowest BCUT2D eigenvalue weighted by Gasteiger charge is -2.42. The molecule has 1 saturated carbocycles. The van der Waals surface area contributed by atoms with Gasteiger partial charge in [0.2, 0.25) is 0 Å². The summed E-state index contributed by atoms with van der Waals surface area (Å²) in [6, 6.07) is 4.36. The van der Waals surface area contributed by atoms with Crippen LogP contribution in [0.4, 0.5) is 19.0 Å². The molecule has 2 unspecified atom stereocenters. The Morgan fingerprint density at radius 1 is 1.18 bits per heavy atom. The van der Waals surface area contributed by atoms with Crippen molar-refractivity contribution < 1.29 is 18.0 Å². The van der Waals surface area contributed by atoms with E-state index in [-0.39, 0.29) is 40.1 Å². The molecule has 2 N–H and O–H groups in total. The molecule has 2 aliphatic heterocycles. The first kappa shape index (κ1) is 40.3. The van der Waals surface area contributed by atoms with E-state index >= 15 is 8.78 Å². The number of piperidine rings is 1. The number of hydrogen-bond acceptors (Lipinski definition) is 5. The van der Waals surface area contributed by atoms with E-state index in [1.54, 1.807) is 13.0 Å². The number of benzene rings is 1. The van der Waals surface area contributed by atoms with Crippen LogP contribution in [0.3, 0.4) is 0 Å². The Bertz CT molecular complexity index is 1490. The molecule has 2 atom stereocenters. The number of amides is 1. The number of unbranched alkanes of at least 4 members (excludes halogenated alkanes) is 2. The molecular formula is C39H55ClF3N5O. The summed E-state index contributed by atoms with van der Waals surface area (Å²) >= 11 is 6.08. The van der Waals surface area contributed by atoms with Crippen molar-refractivity contribution in [3.8, 4) is 0 Å². The molecule has 49 heavy (non-hydrogen) atoms. The van der Waals surface area contributed by atoms with Gasteiger partial charge in [0.1, 0.15) is 5.82 Å². The highest BCUT2D eigenvalue weighted by atomic mass is 35.5. The molecule has 270 valence electrons. The number of pyridine rings is 1. The maximum Gasteiger partial charge on any atom is 0.261 e. The fourth-order valence-corrected chi connectivity index (χ4v) is 7.11. The van der Waals surface area contributed by atoms with E-state index in [1.807, 2.05) is 20.8 Å². The lowest BCUT2D eigenvalue weighted by Crippen LogP contribution is -2.49. The van der Waals surface area contributed by atoms with Crippen LogP contribution >= 0.6 is 11.6 Å². The normalized spacial score (nSPS) is 20.8. The number of aromatic nitrogens is 1. The third kappa shape index (κ3) is 9.14. The third-order valence-electron chi connectivity index (χ3n) is 10.2. The van der Waals surface area contributed by atoms with Crippen LogP contribution in [0.2, 0.25) is 5.02 Å². The van der Waals surface area contributed by atoms with Crippen LogP contribution in [0.25, 0.3) is 0 Å². The number of carbonyl (C=O) groups is 1. The van der Waals surface area contributed by atoms with Gasteiger partial charge in [0.15, 0.2) is 23.3 Å². The summed E-state index contributed by atoms with van der Waals surface area (Å²) in [6.07, 6.45) is 12.6. The fraction of sp³-hybridized carbons (Fsp3) is 0.564. The van der Waals surface area contributed by atoms with E-state index in [0.717, 1.165) is 54.4 Å². The van der Waals surface area contributed by atoms with E-state index in [9.17, 15) is 9.18 Å². The van der Waals surface area contributed by atoms with Crippen LogP contribution in [0.15, 0.2) is 53.7 Å². The molecule has 1 aromatic carbocycles. The van der Waals surface area contributed by atoms with Gasteiger partial charge in [0, 0.05) is 35.3 Å². The first-order valence-electron chi connectivity index (χ1n) is 17.9. The van der Waals surface area contributed by atoms with Crippen molar-refractivity contribution in [3.05, 3.63) is 82.0 Å². The average Bonchev–Trinajstić information content (AvgIpc) is 3.88. The molecule has 2 aromatic rings. The minimum Gasteiger partial charge on any atom is -0.365 e. The quantitative estimate of drug-likeness (QED) is 0.131. The maximum atomic E-state index is 16.3. The number of fused-ring (bicyclic) bond motifs is 1. The average molecular weight is 702 g/mol. The van der Waals surface area contributed by atoms with Gasteiger partial charge < -0.3 is 10.6 Å². The Morgan fingerprint density at radius 2 is 1.86 bits per heavy atom. The van der Waals surface area contributed by atoms with Gasteiger partial charge in [-0.1, -0.05) is 84.2 Å². The number of nitrogens with zero attached hydrogens (tertiary/aromatic N) is 3. The van der Waals surface area contributed by atoms with Crippen LogP contribution in [0.1, 0.15) is 121 Å². The highest BCUT2D eigenvalue weighted by molar-refractivity contribution is 6.30. The predicted molar refractivity (Wildman–Crippen MR) is 197 cm³/mol. The Hall–Kier alpha value is -3.17. The Labute approximate surface area is 296 Å². The number of anilines is 1. The Kier molecular flexibility index (Phi) is 14.9. The van der Waals surface area contributed by atoms with Crippen LogP contribution in [-0.4, -0.2) is 48.2 Å². The zero-order valence-corrected chi connectivity index (χ0v) is 31.0. The molecule has 1 saturated heterocycles. The van der Waals surface area contributed by atoms with E-state index in [0.29, 0.717) is 0 Å².